The van der Waals surface area contributed by atoms with Gasteiger partial charge in [-0.1, -0.05) is 54.6 Å². The summed E-state index contributed by atoms with van der Waals surface area (Å²) in [5, 5.41) is 10.4. The Kier molecular flexibility index (Phi) is 8.04. The Balaban J connectivity index is 1.52. The SMILES string of the molecule is O=C(OC[C@H]1O[C@@H](O)[C@H](OC(=O)c2ccccc2)[C@H](F)[C@@H]1OC(=O)c1ccccc1)c1ccccc1. The van der Waals surface area contributed by atoms with E-state index in [9.17, 15) is 19.5 Å². The van der Waals surface area contributed by atoms with Crippen molar-refractivity contribution in [2.45, 2.75) is 30.8 Å². The molecule has 4 rings (SSSR count). The largest absolute Gasteiger partial charge is 0.459 e. The molecule has 1 aliphatic heterocycles. The molecule has 0 aliphatic carbocycles. The molecule has 5 atom stereocenters. The molecule has 1 saturated heterocycles. The van der Waals surface area contributed by atoms with Crippen molar-refractivity contribution in [1.82, 2.24) is 0 Å². The van der Waals surface area contributed by atoms with E-state index in [2.05, 4.69) is 0 Å². The van der Waals surface area contributed by atoms with E-state index in [-0.39, 0.29) is 16.7 Å². The van der Waals surface area contributed by atoms with Crippen LogP contribution in [0.25, 0.3) is 0 Å². The third-order valence-electron chi connectivity index (χ3n) is 5.48. The maximum Gasteiger partial charge on any atom is 0.338 e. The molecule has 1 aliphatic rings. The van der Waals surface area contributed by atoms with Gasteiger partial charge in [-0.3, -0.25) is 0 Å². The summed E-state index contributed by atoms with van der Waals surface area (Å²) >= 11 is 0. The van der Waals surface area contributed by atoms with E-state index in [0.717, 1.165) is 0 Å². The average molecular weight is 494 g/mol. The first-order chi connectivity index (χ1) is 17.4. The van der Waals surface area contributed by atoms with Crippen LogP contribution in [0, 0.1) is 0 Å². The van der Waals surface area contributed by atoms with Crippen molar-refractivity contribution >= 4 is 17.9 Å². The van der Waals surface area contributed by atoms with Crippen molar-refractivity contribution in [3.05, 3.63) is 108 Å². The predicted octanol–water partition coefficient (Wildman–Crippen LogP) is 3.35. The zero-order valence-corrected chi connectivity index (χ0v) is 18.9. The summed E-state index contributed by atoms with van der Waals surface area (Å²) in [6.07, 6.45) is -8.91. The lowest BCUT2D eigenvalue weighted by Crippen LogP contribution is -2.59. The highest BCUT2D eigenvalue weighted by atomic mass is 19.1. The Hall–Kier alpha value is -4.08. The van der Waals surface area contributed by atoms with Gasteiger partial charge in [-0.2, -0.15) is 0 Å². The van der Waals surface area contributed by atoms with E-state index in [1.165, 1.54) is 36.4 Å². The molecule has 1 heterocycles. The lowest BCUT2D eigenvalue weighted by molar-refractivity contribution is -0.273. The molecule has 0 unspecified atom stereocenters. The molecule has 3 aromatic rings. The van der Waals surface area contributed by atoms with E-state index >= 15 is 4.39 Å². The van der Waals surface area contributed by atoms with Crippen LogP contribution in [0.15, 0.2) is 91.0 Å². The summed E-state index contributed by atoms with van der Waals surface area (Å²) in [7, 11) is 0. The van der Waals surface area contributed by atoms with Gasteiger partial charge in [-0.05, 0) is 36.4 Å². The van der Waals surface area contributed by atoms with Crippen LogP contribution in [0.1, 0.15) is 31.1 Å². The predicted molar refractivity (Wildman–Crippen MR) is 124 cm³/mol. The Morgan fingerprint density at radius 3 is 1.58 bits per heavy atom. The van der Waals surface area contributed by atoms with Crippen LogP contribution in [0.4, 0.5) is 4.39 Å². The first kappa shape index (κ1) is 25.0. The number of alkyl halides is 1. The second-order valence-corrected chi connectivity index (χ2v) is 7.95. The van der Waals surface area contributed by atoms with Crippen LogP contribution in [-0.4, -0.2) is 60.4 Å². The first-order valence-electron chi connectivity index (χ1n) is 11.2. The number of ether oxygens (including phenoxy) is 4. The highest BCUT2D eigenvalue weighted by Gasteiger charge is 2.51. The smallest absolute Gasteiger partial charge is 0.338 e. The third kappa shape index (κ3) is 5.94. The standard InChI is InChI=1S/C27H23FO8/c28-21-22(35-25(30)18-12-6-2-7-13-18)20(16-33-24(29)17-10-4-1-5-11-17)34-27(32)23(21)36-26(31)19-14-8-3-9-15-19/h1-15,20-23,27,32H,16H2/t20-,21-,22-,23-,27-/m1/s1. The monoisotopic (exact) mass is 494 g/mol. The minimum absolute atomic E-state index is 0.133. The molecule has 186 valence electrons. The van der Waals surface area contributed by atoms with Crippen LogP contribution in [0.2, 0.25) is 0 Å². The van der Waals surface area contributed by atoms with Gasteiger partial charge in [0.25, 0.3) is 0 Å². The number of hydrogen-bond acceptors (Lipinski definition) is 8. The van der Waals surface area contributed by atoms with Crippen LogP contribution < -0.4 is 0 Å². The molecular formula is C27H23FO8. The summed E-state index contributed by atoms with van der Waals surface area (Å²) in [6.45, 7) is -0.530. The summed E-state index contributed by atoms with van der Waals surface area (Å²) < 4.78 is 36.9. The second-order valence-electron chi connectivity index (χ2n) is 7.95. The molecule has 0 spiro atoms. The highest BCUT2D eigenvalue weighted by Crippen LogP contribution is 2.29. The minimum atomic E-state index is -2.19. The van der Waals surface area contributed by atoms with Gasteiger partial charge < -0.3 is 24.1 Å². The van der Waals surface area contributed by atoms with E-state index in [1.54, 1.807) is 54.6 Å². The number of aliphatic hydroxyl groups is 1. The molecule has 1 N–H and O–H groups in total. The topological polar surface area (TPSA) is 108 Å². The van der Waals surface area contributed by atoms with Gasteiger partial charge in [-0.25, -0.2) is 18.8 Å². The van der Waals surface area contributed by atoms with Gasteiger partial charge in [-0.15, -0.1) is 0 Å². The zero-order valence-electron chi connectivity index (χ0n) is 18.9. The fourth-order valence-electron chi connectivity index (χ4n) is 3.63. The van der Waals surface area contributed by atoms with Gasteiger partial charge in [0.2, 0.25) is 0 Å². The normalized spacial score (nSPS) is 23.3. The Morgan fingerprint density at radius 2 is 1.11 bits per heavy atom. The molecule has 9 heteroatoms. The number of rotatable bonds is 7. The zero-order chi connectivity index (χ0) is 25.5. The third-order valence-corrected chi connectivity index (χ3v) is 5.48. The number of carbonyl (C=O) groups is 3. The second kappa shape index (κ2) is 11.6. The highest BCUT2D eigenvalue weighted by molar-refractivity contribution is 5.90. The number of benzene rings is 3. The molecule has 1 fully saturated rings. The number of carbonyl (C=O) groups excluding carboxylic acids is 3. The van der Waals surface area contributed by atoms with Crippen LogP contribution in [0.5, 0.6) is 0 Å². The maximum atomic E-state index is 15.7. The van der Waals surface area contributed by atoms with Crippen LogP contribution in [-0.2, 0) is 18.9 Å². The van der Waals surface area contributed by atoms with E-state index in [0.29, 0.717) is 0 Å². The van der Waals surface area contributed by atoms with E-state index in [4.69, 9.17) is 18.9 Å². The van der Waals surface area contributed by atoms with Crippen molar-refractivity contribution in [1.29, 1.82) is 0 Å². The molecule has 0 bridgehead atoms. The molecule has 3 aromatic carbocycles. The fourth-order valence-corrected chi connectivity index (χ4v) is 3.63. The number of aliphatic hydroxyl groups excluding tert-OH is 1. The lowest BCUT2D eigenvalue weighted by atomic mass is 9.99. The Labute approximate surface area is 206 Å². The number of halogens is 1. The maximum absolute atomic E-state index is 15.7. The van der Waals surface area contributed by atoms with Gasteiger partial charge >= 0.3 is 17.9 Å². The Bertz CT molecular complexity index is 1170. The van der Waals surface area contributed by atoms with Crippen molar-refractivity contribution in [2.24, 2.45) is 0 Å². The first-order valence-corrected chi connectivity index (χ1v) is 11.2. The van der Waals surface area contributed by atoms with Crippen LogP contribution >= 0.6 is 0 Å². The molecule has 8 nitrogen and oxygen atoms in total. The fraction of sp³-hybridized carbons (Fsp3) is 0.222. The van der Waals surface area contributed by atoms with Crippen molar-refractivity contribution in [2.75, 3.05) is 6.61 Å². The molecule has 0 aromatic heterocycles. The van der Waals surface area contributed by atoms with E-state index < -0.39 is 55.3 Å². The molecular weight excluding hydrogens is 471 g/mol. The van der Waals surface area contributed by atoms with Crippen LogP contribution in [0.3, 0.4) is 0 Å². The van der Waals surface area contributed by atoms with E-state index in [1.807, 2.05) is 0 Å². The molecule has 0 amide bonds. The number of hydrogen-bond donors (Lipinski definition) is 1. The van der Waals surface area contributed by atoms with Gasteiger partial charge in [0, 0.05) is 0 Å². The van der Waals surface area contributed by atoms with Gasteiger partial charge in [0.05, 0.1) is 16.7 Å². The summed E-state index contributed by atoms with van der Waals surface area (Å²) in [5.41, 5.74) is 0.528. The molecule has 0 radical (unpaired) electrons. The van der Waals surface area contributed by atoms with Crippen molar-refractivity contribution in [3.8, 4) is 0 Å². The summed E-state index contributed by atoms with van der Waals surface area (Å²) in [6, 6.07) is 23.7. The summed E-state index contributed by atoms with van der Waals surface area (Å²) in [5.74, 6) is -2.47. The van der Waals surface area contributed by atoms with Crippen molar-refractivity contribution < 1.29 is 42.8 Å². The lowest BCUT2D eigenvalue weighted by Gasteiger charge is -2.40. The van der Waals surface area contributed by atoms with Crippen molar-refractivity contribution in [3.63, 3.8) is 0 Å². The van der Waals surface area contributed by atoms with Gasteiger partial charge in [0.15, 0.2) is 24.7 Å². The quantitative estimate of drug-likeness (QED) is 0.394. The van der Waals surface area contributed by atoms with Gasteiger partial charge in [0.1, 0.15) is 12.7 Å². The molecule has 36 heavy (non-hydrogen) atoms. The average Bonchev–Trinajstić information content (AvgIpc) is 2.92. The Morgan fingerprint density at radius 1 is 0.694 bits per heavy atom. The number of esters is 3. The summed E-state index contributed by atoms with van der Waals surface area (Å²) in [4.78, 5) is 37.5. The minimum Gasteiger partial charge on any atom is -0.459 e. The molecule has 0 saturated carbocycles.